The standard InChI is InChI=1S/C11H9NO3.C10H7NO3/c1-15-9-5-3-2-4-8(9)12-10(13)6-7-11(12)14;12-8-4-2-1-3-7(8)11-9(13)5-6-10(11)14/h2-7H,1H3;1-6,12H. The predicted molar refractivity (Wildman–Crippen MR) is 104 cm³/mol. The Morgan fingerprint density at radius 3 is 1.55 bits per heavy atom. The van der Waals surface area contributed by atoms with E-state index in [1.807, 2.05) is 0 Å². The van der Waals surface area contributed by atoms with E-state index in [1.54, 1.807) is 36.4 Å². The minimum Gasteiger partial charge on any atom is -0.506 e. The largest absolute Gasteiger partial charge is 0.506 e. The maximum Gasteiger partial charge on any atom is 0.258 e. The lowest BCUT2D eigenvalue weighted by Gasteiger charge is -2.16. The summed E-state index contributed by atoms with van der Waals surface area (Å²) in [6.45, 7) is 0. The van der Waals surface area contributed by atoms with Crippen LogP contribution in [-0.2, 0) is 19.2 Å². The number of carbonyl (C=O) groups excluding carboxylic acids is 4. The van der Waals surface area contributed by atoms with Crippen LogP contribution in [0.2, 0.25) is 0 Å². The molecule has 2 aromatic carbocycles. The number of anilines is 2. The van der Waals surface area contributed by atoms with Crippen LogP contribution in [0.4, 0.5) is 11.4 Å². The molecule has 0 saturated carbocycles. The van der Waals surface area contributed by atoms with Crippen molar-refractivity contribution in [1.29, 1.82) is 0 Å². The van der Waals surface area contributed by atoms with Crippen LogP contribution in [-0.4, -0.2) is 35.8 Å². The lowest BCUT2D eigenvalue weighted by molar-refractivity contribution is -0.121. The molecule has 0 unspecified atom stereocenters. The van der Waals surface area contributed by atoms with Gasteiger partial charge in [-0.3, -0.25) is 19.2 Å². The molecule has 2 aromatic rings. The van der Waals surface area contributed by atoms with Crippen LogP contribution >= 0.6 is 0 Å². The Balaban J connectivity index is 0.000000166. The topological polar surface area (TPSA) is 104 Å². The van der Waals surface area contributed by atoms with Gasteiger partial charge >= 0.3 is 0 Å². The van der Waals surface area contributed by atoms with E-state index in [0.717, 1.165) is 9.80 Å². The van der Waals surface area contributed by atoms with E-state index in [0.29, 0.717) is 11.4 Å². The van der Waals surface area contributed by atoms with E-state index < -0.39 is 11.8 Å². The number of benzene rings is 2. The van der Waals surface area contributed by atoms with Crippen molar-refractivity contribution in [2.24, 2.45) is 0 Å². The number of nitrogens with zero attached hydrogens (tertiary/aromatic N) is 2. The van der Waals surface area contributed by atoms with E-state index >= 15 is 0 Å². The van der Waals surface area contributed by atoms with Crippen molar-refractivity contribution in [2.45, 2.75) is 0 Å². The molecule has 8 heteroatoms. The number of carbonyl (C=O) groups is 4. The highest BCUT2D eigenvalue weighted by Crippen LogP contribution is 2.30. The zero-order valence-corrected chi connectivity index (χ0v) is 15.3. The zero-order chi connectivity index (χ0) is 21.0. The van der Waals surface area contributed by atoms with Crippen LogP contribution in [0.5, 0.6) is 11.5 Å². The van der Waals surface area contributed by atoms with Crippen molar-refractivity contribution < 1.29 is 29.0 Å². The highest BCUT2D eigenvalue weighted by Gasteiger charge is 2.28. The summed E-state index contributed by atoms with van der Waals surface area (Å²) in [6, 6.07) is 13.1. The van der Waals surface area contributed by atoms with E-state index in [1.165, 1.54) is 43.5 Å². The summed E-state index contributed by atoms with van der Waals surface area (Å²) < 4.78 is 5.08. The summed E-state index contributed by atoms with van der Waals surface area (Å²) in [5.74, 6) is -1.14. The van der Waals surface area contributed by atoms with Crippen molar-refractivity contribution in [3.8, 4) is 11.5 Å². The summed E-state index contributed by atoms with van der Waals surface area (Å²) in [7, 11) is 1.50. The third-order valence-electron chi connectivity index (χ3n) is 4.07. The molecule has 0 radical (unpaired) electrons. The SMILES string of the molecule is COc1ccccc1N1C(=O)C=CC1=O.O=C1C=CC(=O)N1c1ccccc1O. The van der Waals surface area contributed by atoms with Crippen molar-refractivity contribution in [1.82, 2.24) is 0 Å². The number of phenolic OH excluding ortho intramolecular Hbond substituents is 1. The van der Waals surface area contributed by atoms with Gasteiger partial charge in [0.2, 0.25) is 0 Å². The molecule has 0 bridgehead atoms. The molecule has 0 atom stereocenters. The molecule has 146 valence electrons. The quantitative estimate of drug-likeness (QED) is 0.801. The Morgan fingerprint density at radius 1 is 0.655 bits per heavy atom. The van der Waals surface area contributed by atoms with Gasteiger partial charge in [0.1, 0.15) is 11.5 Å². The van der Waals surface area contributed by atoms with Crippen LogP contribution in [0, 0.1) is 0 Å². The molecule has 1 N–H and O–H groups in total. The summed E-state index contributed by atoms with van der Waals surface area (Å²) in [6.07, 6.45) is 4.84. The first-order chi connectivity index (χ1) is 13.9. The van der Waals surface area contributed by atoms with Crippen molar-refractivity contribution >= 4 is 35.0 Å². The number of para-hydroxylation sites is 4. The Morgan fingerprint density at radius 2 is 1.07 bits per heavy atom. The maximum atomic E-state index is 11.4. The number of rotatable bonds is 3. The van der Waals surface area contributed by atoms with Gasteiger partial charge in [0.15, 0.2) is 0 Å². The minimum absolute atomic E-state index is 0.0853. The van der Waals surface area contributed by atoms with Gasteiger partial charge in [-0.2, -0.15) is 0 Å². The van der Waals surface area contributed by atoms with Crippen molar-refractivity contribution in [3.63, 3.8) is 0 Å². The zero-order valence-electron chi connectivity index (χ0n) is 15.3. The minimum atomic E-state index is -0.434. The van der Waals surface area contributed by atoms with Gasteiger partial charge in [-0.05, 0) is 24.3 Å². The van der Waals surface area contributed by atoms with Crippen LogP contribution in [0.1, 0.15) is 0 Å². The Labute approximate surface area is 165 Å². The molecular formula is C21H16N2O6. The molecule has 4 rings (SSSR count). The maximum absolute atomic E-state index is 11.4. The fraction of sp³-hybridized carbons (Fsp3) is 0.0476. The smallest absolute Gasteiger partial charge is 0.258 e. The number of aromatic hydroxyl groups is 1. The molecule has 2 heterocycles. The number of hydrogen-bond donors (Lipinski definition) is 1. The number of methoxy groups -OCH3 is 1. The van der Waals surface area contributed by atoms with E-state index in [2.05, 4.69) is 0 Å². The summed E-state index contributed by atoms with van der Waals surface area (Å²) in [4.78, 5) is 47.3. The fourth-order valence-electron chi connectivity index (χ4n) is 2.74. The lowest BCUT2D eigenvalue weighted by atomic mass is 10.2. The van der Waals surface area contributed by atoms with Crippen molar-refractivity contribution in [3.05, 3.63) is 72.8 Å². The number of phenols is 1. The van der Waals surface area contributed by atoms with Crippen LogP contribution in [0.25, 0.3) is 0 Å². The van der Waals surface area contributed by atoms with Gasteiger partial charge < -0.3 is 9.84 Å². The van der Waals surface area contributed by atoms with Crippen LogP contribution in [0.15, 0.2) is 72.8 Å². The molecule has 8 nitrogen and oxygen atoms in total. The number of hydrogen-bond acceptors (Lipinski definition) is 6. The molecule has 0 saturated heterocycles. The number of amides is 4. The average molecular weight is 392 g/mol. The normalized spacial score (nSPS) is 15.1. The van der Waals surface area contributed by atoms with Gasteiger partial charge in [0, 0.05) is 24.3 Å². The van der Waals surface area contributed by atoms with Gasteiger partial charge in [0.25, 0.3) is 23.6 Å². The summed E-state index contributed by atoms with van der Waals surface area (Å²) >= 11 is 0. The Kier molecular flexibility index (Phi) is 5.54. The van der Waals surface area contributed by atoms with Crippen molar-refractivity contribution in [2.75, 3.05) is 16.9 Å². The highest BCUT2D eigenvalue weighted by molar-refractivity contribution is 6.29. The fourth-order valence-corrected chi connectivity index (χ4v) is 2.74. The first-order valence-corrected chi connectivity index (χ1v) is 8.47. The summed E-state index contributed by atoms with van der Waals surface area (Å²) in [5.41, 5.74) is 0.688. The first-order valence-electron chi connectivity index (χ1n) is 8.47. The predicted octanol–water partition coefficient (Wildman–Crippen LogP) is 1.95. The molecule has 0 aromatic heterocycles. The first kappa shape index (κ1) is 19.6. The Bertz CT molecular complexity index is 1020. The molecule has 0 aliphatic carbocycles. The third kappa shape index (κ3) is 3.91. The molecule has 2 aliphatic rings. The van der Waals surface area contributed by atoms with Crippen LogP contribution < -0.4 is 14.5 Å². The highest BCUT2D eigenvalue weighted by atomic mass is 16.5. The van der Waals surface area contributed by atoms with E-state index in [-0.39, 0.29) is 23.3 Å². The number of ether oxygens (including phenoxy) is 1. The second-order valence-electron chi connectivity index (χ2n) is 5.85. The molecule has 4 amide bonds. The second-order valence-corrected chi connectivity index (χ2v) is 5.85. The number of imide groups is 2. The average Bonchev–Trinajstić information content (AvgIpc) is 3.23. The molecular weight excluding hydrogens is 376 g/mol. The van der Waals surface area contributed by atoms with Crippen LogP contribution in [0.3, 0.4) is 0 Å². The Hall–Kier alpha value is -4.20. The molecule has 2 aliphatic heterocycles. The second kappa shape index (κ2) is 8.22. The molecule has 0 spiro atoms. The van der Waals surface area contributed by atoms with E-state index in [9.17, 15) is 24.3 Å². The molecule has 0 fully saturated rings. The van der Waals surface area contributed by atoms with Gasteiger partial charge in [0.05, 0.1) is 18.5 Å². The van der Waals surface area contributed by atoms with Gasteiger partial charge in [-0.25, -0.2) is 9.80 Å². The summed E-state index contributed by atoms with van der Waals surface area (Å²) in [5, 5.41) is 9.43. The molecule has 29 heavy (non-hydrogen) atoms. The van der Waals surface area contributed by atoms with Gasteiger partial charge in [-0.15, -0.1) is 0 Å². The lowest BCUT2D eigenvalue weighted by Crippen LogP contribution is -2.29. The third-order valence-corrected chi connectivity index (χ3v) is 4.07. The van der Waals surface area contributed by atoms with E-state index in [4.69, 9.17) is 4.74 Å². The monoisotopic (exact) mass is 392 g/mol. The van der Waals surface area contributed by atoms with Gasteiger partial charge in [-0.1, -0.05) is 24.3 Å².